The fourth-order valence-corrected chi connectivity index (χ4v) is 1.09. The largest absolute Gasteiger partial charge is 0.365 e. The Labute approximate surface area is 80.3 Å². The van der Waals surface area contributed by atoms with Crippen LogP contribution in [0.1, 0.15) is 6.92 Å². The van der Waals surface area contributed by atoms with Gasteiger partial charge in [0.05, 0.1) is 12.4 Å². The summed E-state index contributed by atoms with van der Waals surface area (Å²) in [4.78, 5) is 4.01. The van der Waals surface area contributed by atoms with Crippen LogP contribution in [0.15, 0.2) is 12.4 Å². The first-order valence-corrected chi connectivity index (χ1v) is 4.30. The van der Waals surface area contributed by atoms with E-state index in [1.54, 1.807) is 16.9 Å². The monoisotopic (exact) mass is 193 g/mol. The molecule has 0 bridgehead atoms. The Hall–Kier alpha value is -1.76. The molecule has 14 heavy (non-hydrogen) atoms. The van der Waals surface area contributed by atoms with Crippen molar-refractivity contribution in [1.82, 2.24) is 25.0 Å². The molecule has 0 fully saturated rings. The standard InChI is InChI=1S/C7H11N7/c1-5(2-8)10-6-3-9-4-7-11-12-13-14(6)7/h3-5,10H,2,8H2,1H3. The summed E-state index contributed by atoms with van der Waals surface area (Å²) in [6, 6.07) is 0.159. The summed E-state index contributed by atoms with van der Waals surface area (Å²) in [5.74, 6) is 0.741. The highest BCUT2D eigenvalue weighted by atomic mass is 15.5. The maximum absolute atomic E-state index is 5.50. The van der Waals surface area contributed by atoms with Crippen LogP contribution in [0.3, 0.4) is 0 Å². The molecule has 1 unspecified atom stereocenters. The average Bonchev–Trinajstić information content (AvgIpc) is 2.66. The van der Waals surface area contributed by atoms with Crippen LogP contribution in [-0.4, -0.2) is 37.6 Å². The fraction of sp³-hybridized carbons (Fsp3) is 0.429. The van der Waals surface area contributed by atoms with Crippen LogP contribution >= 0.6 is 0 Å². The molecule has 1 atom stereocenters. The summed E-state index contributed by atoms with van der Waals surface area (Å²) in [7, 11) is 0. The van der Waals surface area contributed by atoms with Crippen molar-refractivity contribution >= 4 is 11.5 Å². The average molecular weight is 193 g/mol. The molecule has 7 nitrogen and oxygen atoms in total. The Balaban J connectivity index is 2.36. The second kappa shape index (κ2) is 3.54. The van der Waals surface area contributed by atoms with Gasteiger partial charge in [-0.15, -0.1) is 5.10 Å². The number of hydrogen-bond donors (Lipinski definition) is 2. The normalized spacial score (nSPS) is 13.0. The number of fused-ring (bicyclic) bond motifs is 1. The molecule has 2 aromatic rings. The summed E-state index contributed by atoms with van der Waals surface area (Å²) in [5.41, 5.74) is 6.11. The molecule has 0 spiro atoms. The number of tetrazole rings is 1. The van der Waals surface area contributed by atoms with Crippen molar-refractivity contribution in [3.05, 3.63) is 12.4 Å². The van der Waals surface area contributed by atoms with Crippen molar-refractivity contribution in [3.63, 3.8) is 0 Å². The zero-order valence-corrected chi connectivity index (χ0v) is 7.75. The Bertz CT molecular complexity index is 423. The van der Waals surface area contributed by atoms with E-state index in [2.05, 4.69) is 25.8 Å². The molecule has 0 amide bonds. The van der Waals surface area contributed by atoms with Crippen molar-refractivity contribution in [2.45, 2.75) is 13.0 Å². The minimum atomic E-state index is 0.159. The minimum Gasteiger partial charge on any atom is -0.365 e. The van der Waals surface area contributed by atoms with Crippen molar-refractivity contribution in [2.24, 2.45) is 5.73 Å². The predicted octanol–water partition coefficient (Wildman–Crippen LogP) is -0.722. The maximum atomic E-state index is 5.50. The molecule has 2 aromatic heterocycles. The fourth-order valence-electron chi connectivity index (χ4n) is 1.09. The lowest BCUT2D eigenvalue weighted by molar-refractivity contribution is 0.767. The molecule has 74 valence electrons. The van der Waals surface area contributed by atoms with Gasteiger partial charge in [-0.1, -0.05) is 0 Å². The first kappa shape index (κ1) is 8.82. The van der Waals surface area contributed by atoms with E-state index in [0.717, 1.165) is 5.82 Å². The second-order valence-corrected chi connectivity index (χ2v) is 3.02. The van der Waals surface area contributed by atoms with Crippen LogP contribution in [0.5, 0.6) is 0 Å². The SMILES string of the molecule is CC(CN)Nc1cncc2nnnn12. The molecule has 0 aliphatic carbocycles. The molecule has 2 rings (SSSR count). The Morgan fingerprint density at radius 2 is 2.43 bits per heavy atom. The Morgan fingerprint density at radius 3 is 3.21 bits per heavy atom. The minimum absolute atomic E-state index is 0.159. The molecule has 0 aliphatic heterocycles. The smallest absolute Gasteiger partial charge is 0.199 e. The van der Waals surface area contributed by atoms with Gasteiger partial charge in [-0.2, -0.15) is 4.52 Å². The molecule has 7 heteroatoms. The van der Waals surface area contributed by atoms with Crippen molar-refractivity contribution in [3.8, 4) is 0 Å². The number of nitrogens with two attached hydrogens (primary N) is 1. The highest BCUT2D eigenvalue weighted by Gasteiger charge is 2.05. The lowest BCUT2D eigenvalue weighted by Gasteiger charge is -2.12. The molecule has 0 aliphatic rings. The number of nitrogens with zero attached hydrogens (tertiary/aromatic N) is 5. The third-order valence-corrected chi connectivity index (χ3v) is 1.86. The first-order chi connectivity index (χ1) is 6.81. The number of anilines is 1. The van der Waals surface area contributed by atoms with Gasteiger partial charge in [-0.25, -0.2) is 0 Å². The zero-order chi connectivity index (χ0) is 9.97. The van der Waals surface area contributed by atoms with Gasteiger partial charge in [0, 0.05) is 12.6 Å². The van der Waals surface area contributed by atoms with Crippen LogP contribution in [0, 0.1) is 0 Å². The van der Waals surface area contributed by atoms with Crippen LogP contribution in [0.4, 0.5) is 5.82 Å². The predicted molar refractivity (Wildman–Crippen MR) is 50.7 cm³/mol. The summed E-state index contributed by atoms with van der Waals surface area (Å²) < 4.78 is 1.58. The number of rotatable bonds is 3. The van der Waals surface area contributed by atoms with Crippen LogP contribution in [0.25, 0.3) is 5.65 Å². The van der Waals surface area contributed by atoms with Gasteiger partial charge >= 0.3 is 0 Å². The highest BCUT2D eigenvalue weighted by molar-refractivity contribution is 5.44. The number of aromatic nitrogens is 5. The zero-order valence-electron chi connectivity index (χ0n) is 7.75. The van der Waals surface area contributed by atoms with Crippen LogP contribution in [-0.2, 0) is 0 Å². The summed E-state index contributed by atoms with van der Waals surface area (Å²) in [5, 5.41) is 14.3. The number of nitrogens with one attached hydrogen (secondary N) is 1. The van der Waals surface area contributed by atoms with Crippen LogP contribution < -0.4 is 11.1 Å². The van der Waals surface area contributed by atoms with E-state index in [-0.39, 0.29) is 6.04 Å². The van der Waals surface area contributed by atoms with Gasteiger partial charge in [-0.05, 0) is 17.4 Å². The molecule has 0 aromatic carbocycles. The molecule has 0 saturated heterocycles. The van der Waals surface area contributed by atoms with Crippen molar-refractivity contribution in [1.29, 1.82) is 0 Å². The topological polar surface area (TPSA) is 94.0 Å². The van der Waals surface area contributed by atoms with Gasteiger partial charge in [0.15, 0.2) is 11.5 Å². The maximum Gasteiger partial charge on any atom is 0.199 e. The quantitative estimate of drug-likeness (QED) is 0.668. The molecule has 0 radical (unpaired) electrons. The van der Waals surface area contributed by atoms with Gasteiger partial charge in [0.25, 0.3) is 0 Å². The van der Waals surface area contributed by atoms with Crippen LogP contribution in [0.2, 0.25) is 0 Å². The van der Waals surface area contributed by atoms with Gasteiger partial charge in [-0.3, -0.25) is 4.98 Å². The first-order valence-electron chi connectivity index (χ1n) is 4.30. The van der Waals surface area contributed by atoms with Crippen molar-refractivity contribution < 1.29 is 0 Å². The summed E-state index contributed by atoms with van der Waals surface area (Å²) in [6.07, 6.45) is 3.26. The van der Waals surface area contributed by atoms with Gasteiger partial charge in [0.1, 0.15) is 0 Å². The highest BCUT2D eigenvalue weighted by Crippen LogP contribution is 2.06. The molecule has 0 saturated carbocycles. The van der Waals surface area contributed by atoms with E-state index < -0.39 is 0 Å². The lowest BCUT2D eigenvalue weighted by atomic mass is 10.3. The Morgan fingerprint density at radius 1 is 1.57 bits per heavy atom. The van der Waals surface area contributed by atoms with E-state index in [1.807, 2.05) is 6.92 Å². The van der Waals surface area contributed by atoms with E-state index in [4.69, 9.17) is 5.73 Å². The summed E-state index contributed by atoms with van der Waals surface area (Å²) >= 11 is 0. The second-order valence-electron chi connectivity index (χ2n) is 3.02. The van der Waals surface area contributed by atoms with E-state index in [0.29, 0.717) is 12.2 Å². The van der Waals surface area contributed by atoms with Crippen molar-refractivity contribution in [2.75, 3.05) is 11.9 Å². The molecule has 2 heterocycles. The summed E-state index contributed by atoms with van der Waals surface area (Å²) in [6.45, 7) is 2.52. The van der Waals surface area contributed by atoms with Gasteiger partial charge in [0.2, 0.25) is 0 Å². The Kier molecular flexibility index (Phi) is 2.23. The molecular formula is C7H11N7. The number of hydrogen-bond acceptors (Lipinski definition) is 6. The van der Waals surface area contributed by atoms with E-state index in [1.165, 1.54) is 0 Å². The third kappa shape index (κ3) is 1.49. The van der Waals surface area contributed by atoms with E-state index >= 15 is 0 Å². The molecular weight excluding hydrogens is 182 g/mol. The lowest BCUT2D eigenvalue weighted by Crippen LogP contribution is -2.26. The van der Waals surface area contributed by atoms with Gasteiger partial charge < -0.3 is 11.1 Å². The third-order valence-electron chi connectivity index (χ3n) is 1.86. The van der Waals surface area contributed by atoms with E-state index in [9.17, 15) is 0 Å². The molecule has 3 N–H and O–H groups in total.